The summed E-state index contributed by atoms with van der Waals surface area (Å²) in [6.07, 6.45) is 2.45. The average Bonchev–Trinajstić information content (AvgIpc) is 2.41. The van der Waals surface area contributed by atoms with Crippen LogP contribution in [0.4, 0.5) is 0 Å². The summed E-state index contributed by atoms with van der Waals surface area (Å²) < 4.78 is 0. The van der Waals surface area contributed by atoms with Gasteiger partial charge in [0.15, 0.2) is 0 Å². The summed E-state index contributed by atoms with van der Waals surface area (Å²) in [6, 6.07) is 8.11. The first-order chi connectivity index (χ1) is 9.17. The van der Waals surface area contributed by atoms with Gasteiger partial charge in [-0.1, -0.05) is 37.6 Å². The smallest absolute Gasteiger partial charge is 0.221 e. The van der Waals surface area contributed by atoms with Crippen LogP contribution in [0.15, 0.2) is 24.3 Å². The van der Waals surface area contributed by atoms with Gasteiger partial charge in [0.05, 0.1) is 0 Å². The van der Waals surface area contributed by atoms with E-state index in [0.29, 0.717) is 13.0 Å². The van der Waals surface area contributed by atoms with E-state index in [-0.39, 0.29) is 11.9 Å². The predicted molar refractivity (Wildman–Crippen MR) is 80.4 cm³/mol. The minimum atomic E-state index is 0.107. The Balaban J connectivity index is 2.39. The molecule has 19 heavy (non-hydrogen) atoms. The molecule has 0 aliphatic carbocycles. The molecule has 0 aromatic heterocycles. The fraction of sp³-hybridized carbons (Fsp3) is 0.533. The number of carbonyl (C=O) groups excluding carboxylic acids is 1. The van der Waals surface area contributed by atoms with Gasteiger partial charge in [-0.25, -0.2) is 0 Å². The number of hydrogen-bond donors (Lipinski definition) is 2. The lowest BCUT2D eigenvalue weighted by Gasteiger charge is -2.17. The molecule has 1 rings (SSSR count). The Labute approximate surface area is 120 Å². The molecule has 0 radical (unpaired) electrons. The standard InChI is InChI=1S/C15H23ClN2O/c1-3-9-18-15(19)8-10-17-14(4-2)12-6-5-7-13(16)11-12/h5-7,11,14,17H,3-4,8-10H2,1-2H3,(H,18,19). The van der Waals surface area contributed by atoms with Gasteiger partial charge in [0.25, 0.3) is 0 Å². The topological polar surface area (TPSA) is 41.1 Å². The van der Waals surface area contributed by atoms with E-state index in [1.54, 1.807) is 0 Å². The van der Waals surface area contributed by atoms with Crippen molar-refractivity contribution in [3.8, 4) is 0 Å². The van der Waals surface area contributed by atoms with E-state index < -0.39 is 0 Å². The maximum atomic E-state index is 11.5. The first-order valence-corrected chi connectivity index (χ1v) is 7.30. The number of carbonyl (C=O) groups is 1. The van der Waals surface area contributed by atoms with Gasteiger partial charge in [-0.05, 0) is 30.5 Å². The van der Waals surface area contributed by atoms with Crippen LogP contribution in [0.1, 0.15) is 44.7 Å². The maximum Gasteiger partial charge on any atom is 0.221 e. The number of hydrogen-bond acceptors (Lipinski definition) is 2. The third kappa shape index (κ3) is 6.08. The molecule has 1 atom stereocenters. The van der Waals surface area contributed by atoms with E-state index in [4.69, 9.17) is 11.6 Å². The lowest BCUT2D eigenvalue weighted by molar-refractivity contribution is -0.121. The van der Waals surface area contributed by atoms with Crippen molar-refractivity contribution in [2.24, 2.45) is 0 Å². The number of benzene rings is 1. The molecule has 1 aromatic carbocycles. The first-order valence-electron chi connectivity index (χ1n) is 6.92. The maximum absolute atomic E-state index is 11.5. The van der Waals surface area contributed by atoms with Gasteiger partial charge < -0.3 is 10.6 Å². The Hall–Kier alpha value is -1.06. The number of rotatable bonds is 8. The molecular formula is C15H23ClN2O. The second-order valence-electron chi connectivity index (χ2n) is 4.57. The Morgan fingerprint density at radius 3 is 2.74 bits per heavy atom. The van der Waals surface area contributed by atoms with Crippen LogP contribution in [0.2, 0.25) is 5.02 Å². The van der Waals surface area contributed by atoms with Crippen molar-refractivity contribution in [3.05, 3.63) is 34.9 Å². The van der Waals surface area contributed by atoms with E-state index in [0.717, 1.165) is 24.4 Å². The predicted octanol–water partition coefficient (Wildman–Crippen LogP) is 3.30. The summed E-state index contributed by atoms with van der Waals surface area (Å²) in [7, 11) is 0. The lowest BCUT2D eigenvalue weighted by Crippen LogP contribution is -2.29. The fourth-order valence-corrected chi connectivity index (χ4v) is 2.13. The number of amides is 1. The van der Waals surface area contributed by atoms with Gasteiger partial charge >= 0.3 is 0 Å². The van der Waals surface area contributed by atoms with Crippen molar-refractivity contribution >= 4 is 17.5 Å². The third-order valence-corrected chi connectivity index (χ3v) is 3.21. The van der Waals surface area contributed by atoms with Crippen molar-refractivity contribution in [3.63, 3.8) is 0 Å². The quantitative estimate of drug-likeness (QED) is 0.768. The molecule has 0 aliphatic heterocycles. The van der Waals surface area contributed by atoms with Crippen molar-refractivity contribution in [2.45, 2.75) is 39.2 Å². The summed E-state index contributed by atoms with van der Waals surface area (Å²) in [5.41, 5.74) is 1.17. The second-order valence-corrected chi connectivity index (χ2v) is 5.01. The van der Waals surface area contributed by atoms with Gasteiger partial charge in [0.2, 0.25) is 5.91 Å². The van der Waals surface area contributed by atoms with Gasteiger partial charge in [0.1, 0.15) is 0 Å². The van der Waals surface area contributed by atoms with Gasteiger partial charge in [-0.15, -0.1) is 0 Å². The second kappa shape index (κ2) is 8.94. The summed E-state index contributed by atoms with van der Waals surface area (Å²) in [5, 5.41) is 7.02. The number of nitrogens with one attached hydrogen (secondary N) is 2. The molecule has 1 unspecified atom stereocenters. The van der Waals surface area contributed by atoms with Crippen LogP contribution in [-0.2, 0) is 4.79 Å². The van der Waals surface area contributed by atoms with Crippen molar-refractivity contribution in [1.82, 2.24) is 10.6 Å². The SMILES string of the molecule is CCCNC(=O)CCNC(CC)c1cccc(Cl)c1. The summed E-state index contributed by atoms with van der Waals surface area (Å²) >= 11 is 6.00. The van der Waals surface area contributed by atoms with Crippen LogP contribution < -0.4 is 10.6 Å². The molecule has 2 N–H and O–H groups in total. The highest BCUT2D eigenvalue weighted by atomic mass is 35.5. The van der Waals surface area contributed by atoms with Crippen LogP contribution in [0.5, 0.6) is 0 Å². The Bertz CT molecular complexity index is 395. The summed E-state index contributed by atoms with van der Waals surface area (Å²) in [5.74, 6) is 0.107. The van der Waals surface area contributed by atoms with E-state index >= 15 is 0 Å². The molecule has 0 saturated heterocycles. The Morgan fingerprint density at radius 1 is 1.32 bits per heavy atom. The highest BCUT2D eigenvalue weighted by Gasteiger charge is 2.09. The zero-order valence-corrected chi connectivity index (χ0v) is 12.5. The third-order valence-electron chi connectivity index (χ3n) is 2.97. The molecule has 4 heteroatoms. The molecule has 0 aliphatic rings. The first kappa shape index (κ1) is 16.0. The molecule has 0 bridgehead atoms. The molecule has 0 fully saturated rings. The highest BCUT2D eigenvalue weighted by molar-refractivity contribution is 6.30. The van der Waals surface area contributed by atoms with E-state index in [1.165, 1.54) is 5.56 Å². The van der Waals surface area contributed by atoms with Crippen LogP contribution >= 0.6 is 11.6 Å². The molecule has 1 amide bonds. The number of halogens is 1. The van der Waals surface area contributed by atoms with Crippen LogP contribution in [0.3, 0.4) is 0 Å². The van der Waals surface area contributed by atoms with Crippen LogP contribution in [0.25, 0.3) is 0 Å². The monoisotopic (exact) mass is 282 g/mol. The largest absolute Gasteiger partial charge is 0.356 e. The Kier molecular flexibility index (Phi) is 7.53. The lowest BCUT2D eigenvalue weighted by atomic mass is 10.0. The Morgan fingerprint density at radius 2 is 2.11 bits per heavy atom. The van der Waals surface area contributed by atoms with E-state index in [1.807, 2.05) is 25.1 Å². The van der Waals surface area contributed by atoms with Crippen LogP contribution in [-0.4, -0.2) is 19.0 Å². The highest BCUT2D eigenvalue weighted by Crippen LogP contribution is 2.20. The molecule has 0 heterocycles. The summed E-state index contributed by atoms with van der Waals surface area (Å²) in [4.78, 5) is 11.5. The average molecular weight is 283 g/mol. The van der Waals surface area contributed by atoms with Crippen molar-refractivity contribution in [1.29, 1.82) is 0 Å². The van der Waals surface area contributed by atoms with Gasteiger partial charge in [-0.3, -0.25) is 4.79 Å². The molecule has 3 nitrogen and oxygen atoms in total. The van der Waals surface area contributed by atoms with Gasteiger partial charge in [-0.2, -0.15) is 0 Å². The van der Waals surface area contributed by atoms with Crippen molar-refractivity contribution in [2.75, 3.05) is 13.1 Å². The molecule has 0 spiro atoms. The normalized spacial score (nSPS) is 12.2. The van der Waals surface area contributed by atoms with Crippen molar-refractivity contribution < 1.29 is 4.79 Å². The van der Waals surface area contributed by atoms with Gasteiger partial charge in [0, 0.05) is 30.6 Å². The van der Waals surface area contributed by atoms with E-state index in [9.17, 15) is 4.79 Å². The van der Waals surface area contributed by atoms with Crippen LogP contribution in [0, 0.1) is 0 Å². The molecule has 1 aromatic rings. The molecule has 0 saturated carbocycles. The molecular weight excluding hydrogens is 260 g/mol. The zero-order valence-electron chi connectivity index (χ0n) is 11.7. The fourth-order valence-electron chi connectivity index (χ4n) is 1.93. The van der Waals surface area contributed by atoms with E-state index in [2.05, 4.69) is 23.6 Å². The summed E-state index contributed by atoms with van der Waals surface area (Å²) in [6.45, 7) is 5.60. The molecule has 106 valence electrons. The zero-order chi connectivity index (χ0) is 14.1. The minimum absolute atomic E-state index is 0.107. The minimum Gasteiger partial charge on any atom is -0.356 e.